The van der Waals surface area contributed by atoms with E-state index >= 15 is 0 Å². The molecule has 0 spiro atoms. The molecule has 1 N–H and O–H groups in total. The molecule has 1 aliphatic heterocycles. The maximum absolute atomic E-state index is 12.7. The van der Waals surface area contributed by atoms with Crippen LogP contribution in [-0.2, 0) is 9.59 Å². The molecule has 1 saturated carbocycles. The largest absolute Gasteiger partial charge is 0.378 e. The van der Waals surface area contributed by atoms with Crippen molar-refractivity contribution in [3.8, 4) is 10.6 Å². The first-order valence-electron chi connectivity index (χ1n) is 9.25. The van der Waals surface area contributed by atoms with Gasteiger partial charge in [-0.05, 0) is 49.9 Å². The molecule has 142 valence electrons. The molecule has 7 nitrogen and oxygen atoms in total. The highest BCUT2D eigenvalue weighted by molar-refractivity contribution is 7.18. The standard InChI is InChI=1S/C19H23N5O2S/c1-23(2)14-9-7-12(8-10-14)17-21-22-19(27-17)20-16(25)15-4-3-11-24(15)18(26)13-5-6-13/h7-10,13,15H,3-6,11H2,1-2H3,(H,20,22,25). The van der Waals surface area contributed by atoms with Gasteiger partial charge in [-0.2, -0.15) is 0 Å². The first-order valence-corrected chi connectivity index (χ1v) is 10.1. The number of carbonyl (C=O) groups is 2. The van der Waals surface area contributed by atoms with Crippen LogP contribution in [-0.4, -0.2) is 53.6 Å². The van der Waals surface area contributed by atoms with E-state index in [0.29, 0.717) is 18.1 Å². The van der Waals surface area contributed by atoms with Gasteiger partial charge in [-0.3, -0.25) is 14.9 Å². The van der Waals surface area contributed by atoms with Crippen LogP contribution in [0.15, 0.2) is 24.3 Å². The van der Waals surface area contributed by atoms with Gasteiger partial charge in [-0.15, -0.1) is 10.2 Å². The normalized spacial score (nSPS) is 19.2. The summed E-state index contributed by atoms with van der Waals surface area (Å²) >= 11 is 1.34. The molecule has 2 heterocycles. The third-order valence-corrected chi connectivity index (χ3v) is 5.94. The summed E-state index contributed by atoms with van der Waals surface area (Å²) in [6.45, 7) is 0.674. The van der Waals surface area contributed by atoms with E-state index in [9.17, 15) is 9.59 Å². The monoisotopic (exact) mass is 385 g/mol. The Bertz CT molecular complexity index is 844. The lowest BCUT2D eigenvalue weighted by molar-refractivity contribution is -0.137. The molecule has 1 unspecified atom stereocenters. The highest BCUT2D eigenvalue weighted by Crippen LogP contribution is 2.34. The molecule has 1 atom stereocenters. The minimum Gasteiger partial charge on any atom is -0.378 e. The van der Waals surface area contributed by atoms with E-state index < -0.39 is 0 Å². The Hall–Kier alpha value is -2.48. The van der Waals surface area contributed by atoms with Crippen LogP contribution in [0, 0.1) is 5.92 Å². The fourth-order valence-corrected chi connectivity index (χ4v) is 4.10. The lowest BCUT2D eigenvalue weighted by atomic mass is 10.2. The number of benzene rings is 1. The van der Waals surface area contributed by atoms with Crippen LogP contribution in [0.2, 0.25) is 0 Å². The lowest BCUT2D eigenvalue weighted by Crippen LogP contribution is -2.43. The third-order valence-electron chi connectivity index (χ3n) is 5.05. The smallest absolute Gasteiger partial charge is 0.249 e. The second kappa shape index (κ2) is 7.26. The molecule has 27 heavy (non-hydrogen) atoms. The quantitative estimate of drug-likeness (QED) is 0.856. The van der Waals surface area contributed by atoms with E-state index in [-0.39, 0.29) is 23.8 Å². The van der Waals surface area contributed by atoms with Gasteiger partial charge < -0.3 is 9.80 Å². The highest BCUT2D eigenvalue weighted by atomic mass is 32.1. The molecule has 0 bridgehead atoms. The summed E-state index contributed by atoms with van der Waals surface area (Å²) in [6, 6.07) is 7.65. The van der Waals surface area contributed by atoms with Crippen molar-refractivity contribution in [2.24, 2.45) is 5.92 Å². The number of anilines is 2. The Kier molecular flexibility index (Phi) is 4.82. The summed E-state index contributed by atoms with van der Waals surface area (Å²) in [5.41, 5.74) is 2.07. The van der Waals surface area contributed by atoms with E-state index in [1.165, 1.54) is 11.3 Å². The number of hydrogen-bond donors (Lipinski definition) is 1. The number of likely N-dealkylation sites (tertiary alicyclic amines) is 1. The molecule has 2 aliphatic rings. The number of amides is 2. The number of nitrogens with zero attached hydrogens (tertiary/aromatic N) is 4. The fourth-order valence-electron chi connectivity index (χ4n) is 3.35. The van der Waals surface area contributed by atoms with Gasteiger partial charge in [0.2, 0.25) is 16.9 Å². The summed E-state index contributed by atoms with van der Waals surface area (Å²) in [7, 11) is 3.99. The maximum atomic E-state index is 12.7. The molecule has 2 fully saturated rings. The number of rotatable bonds is 5. The van der Waals surface area contributed by atoms with Crippen LogP contribution in [0.4, 0.5) is 10.8 Å². The summed E-state index contributed by atoms with van der Waals surface area (Å²) in [6.07, 6.45) is 3.49. The molecule has 1 aromatic carbocycles. The maximum Gasteiger partial charge on any atom is 0.249 e. The van der Waals surface area contributed by atoms with Gasteiger partial charge in [-0.1, -0.05) is 11.3 Å². The van der Waals surface area contributed by atoms with E-state index in [4.69, 9.17) is 0 Å². The highest BCUT2D eigenvalue weighted by Gasteiger charge is 2.41. The van der Waals surface area contributed by atoms with Crippen molar-refractivity contribution < 1.29 is 9.59 Å². The van der Waals surface area contributed by atoms with Gasteiger partial charge >= 0.3 is 0 Å². The Morgan fingerprint density at radius 1 is 1.15 bits per heavy atom. The molecule has 8 heteroatoms. The minimum absolute atomic E-state index is 0.131. The zero-order valence-corrected chi connectivity index (χ0v) is 16.3. The average Bonchev–Trinajstić information content (AvgIpc) is 3.21. The van der Waals surface area contributed by atoms with Crippen LogP contribution < -0.4 is 10.2 Å². The number of nitrogens with one attached hydrogen (secondary N) is 1. The zero-order chi connectivity index (χ0) is 19.0. The van der Waals surface area contributed by atoms with Crippen molar-refractivity contribution in [3.05, 3.63) is 24.3 Å². The van der Waals surface area contributed by atoms with Crippen molar-refractivity contribution in [1.29, 1.82) is 0 Å². The van der Waals surface area contributed by atoms with Crippen LogP contribution in [0.25, 0.3) is 10.6 Å². The average molecular weight is 385 g/mol. The Balaban J connectivity index is 1.42. The van der Waals surface area contributed by atoms with Crippen LogP contribution >= 0.6 is 11.3 Å². The van der Waals surface area contributed by atoms with Crippen molar-refractivity contribution in [2.75, 3.05) is 30.9 Å². The van der Waals surface area contributed by atoms with Gasteiger partial charge in [0.1, 0.15) is 11.0 Å². The van der Waals surface area contributed by atoms with Crippen LogP contribution in [0.3, 0.4) is 0 Å². The summed E-state index contributed by atoms with van der Waals surface area (Å²) in [5, 5.41) is 12.4. The van der Waals surface area contributed by atoms with Crippen molar-refractivity contribution in [2.45, 2.75) is 31.7 Å². The Morgan fingerprint density at radius 3 is 2.56 bits per heavy atom. The zero-order valence-electron chi connectivity index (χ0n) is 15.5. The first kappa shape index (κ1) is 17.9. The van der Waals surface area contributed by atoms with Gasteiger partial charge in [0, 0.05) is 37.8 Å². The van der Waals surface area contributed by atoms with E-state index in [2.05, 4.69) is 15.5 Å². The number of aromatic nitrogens is 2. The predicted octanol–water partition coefficient (Wildman–Crippen LogP) is 2.61. The van der Waals surface area contributed by atoms with E-state index in [0.717, 1.165) is 35.5 Å². The van der Waals surface area contributed by atoms with Gasteiger partial charge in [-0.25, -0.2) is 0 Å². The third kappa shape index (κ3) is 3.80. The Morgan fingerprint density at radius 2 is 1.89 bits per heavy atom. The Labute approximate surface area is 162 Å². The molecule has 4 rings (SSSR count). The molecule has 2 amide bonds. The molecular weight excluding hydrogens is 362 g/mol. The fraction of sp³-hybridized carbons (Fsp3) is 0.474. The van der Waals surface area contributed by atoms with Crippen LogP contribution in [0.1, 0.15) is 25.7 Å². The van der Waals surface area contributed by atoms with Gasteiger partial charge in [0.25, 0.3) is 0 Å². The minimum atomic E-state index is -0.384. The van der Waals surface area contributed by atoms with E-state index in [1.54, 1.807) is 4.90 Å². The summed E-state index contributed by atoms with van der Waals surface area (Å²) < 4.78 is 0. The molecule has 2 aromatic rings. The topological polar surface area (TPSA) is 78.4 Å². The second-order valence-corrected chi connectivity index (χ2v) is 8.28. The number of carbonyl (C=O) groups excluding carboxylic acids is 2. The van der Waals surface area contributed by atoms with E-state index in [1.807, 2.05) is 43.3 Å². The summed E-state index contributed by atoms with van der Waals surface area (Å²) in [5.74, 6) is 0.107. The number of hydrogen-bond acceptors (Lipinski definition) is 6. The van der Waals surface area contributed by atoms with Crippen molar-refractivity contribution >= 4 is 34.0 Å². The van der Waals surface area contributed by atoms with Crippen molar-refractivity contribution in [3.63, 3.8) is 0 Å². The second-order valence-electron chi connectivity index (χ2n) is 7.31. The molecule has 1 saturated heterocycles. The predicted molar refractivity (Wildman–Crippen MR) is 106 cm³/mol. The van der Waals surface area contributed by atoms with Gasteiger partial charge in [0.15, 0.2) is 0 Å². The molecule has 1 aliphatic carbocycles. The molecular formula is C19H23N5O2S. The van der Waals surface area contributed by atoms with Crippen molar-refractivity contribution in [1.82, 2.24) is 15.1 Å². The SMILES string of the molecule is CN(C)c1ccc(-c2nnc(NC(=O)C3CCCN3C(=O)C3CC3)s2)cc1. The summed E-state index contributed by atoms with van der Waals surface area (Å²) in [4.78, 5) is 28.8. The van der Waals surface area contributed by atoms with Crippen LogP contribution in [0.5, 0.6) is 0 Å². The lowest BCUT2D eigenvalue weighted by Gasteiger charge is -2.23. The molecule has 1 aromatic heterocycles. The molecule has 0 radical (unpaired) electrons. The first-order chi connectivity index (χ1) is 13.0. The van der Waals surface area contributed by atoms with Gasteiger partial charge in [0.05, 0.1) is 0 Å².